The van der Waals surface area contributed by atoms with E-state index in [4.69, 9.17) is 0 Å². The van der Waals surface area contributed by atoms with Crippen molar-refractivity contribution in [3.63, 3.8) is 0 Å². The SMILES string of the molecule is CCCc1c(C)c2sc(=O)[nH]c2[nH]c1=O. The van der Waals surface area contributed by atoms with Gasteiger partial charge in [-0.1, -0.05) is 24.7 Å². The third kappa shape index (κ3) is 1.63. The number of pyridine rings is 1. The molecule has 0 unspecified atom stereocenters. The summed E-state index contributed by atoms with van der Waals surface area (Å²) in [5.41, 5.74) is 2.18. The van der Waals surface area contributed by atoms with Crippen LogP contribution in [0.15, 0.2) is 9.59 Å². The van der Waals surface area contributed by atoms with Gasteiger partial charge in [-0.25, -0.2) is 0 Å². The van der Waals surface area contributed by atoms with Crippen LogP contribution in [0.5, 0.6) is 0 Å². The minimum Gasteiger partial charge on any atom is -0.307 e. The van der Waals surface area contributed by atoms with Gasteiger partial charge in [0, 0.05) is 5.56 Å². The van der Waals surface area contributed by atoms with E-state index < -0.39 is 0 Å². The van der Waals surface area contributed by atoms with Gasteiger partial charge in [-0.05, 0) is 18.9 Å². The highest BCUT2D eigenvalue weighted by Crippen LogP contribution is 2.18. The zero-order chi connectivity index (χ0) is 11.0. The number of H-pyrrole nitrogens is 2. The van der Waals surface area contributed by atoms with Crippen molar-refractivity contribution in [1.82, 2.24) is 9.97 Å². The average molecular weight is 224 g/mol. The first-order valence-corrected chi connectivity index (χ1v) is 5.69. The second-order valence-corrected chi connectivity index (χ2v) is 4.51. The van der Waals surface area contributed by atoms with Gasteiger partial charge < -0.3 is 4.98 Å². The Morgan fingerprint density at radius 3 is 2.67 bits per heavy atom. The molecule has 4 nitrogen and oxygen atoms in total. The van der Waals surface area contributed by atoms with Gasteiger partial charge in [0.2, 0.25) is 0 Å². The van der Waals surface area contributed by atoms with Crippen molar-refractivity contribution in [2.24, 2.45) is 0 Å². The fourth-order valence-electron chi connectivity index (χ4n) is 1.73. The fourth-order valence-corrected chi connectivity index (χ4v) is 2.55. The Labute approximate surface area is 90.0 Å². The smallest absolute Gasteiger partial charge is 0.306 e. The fraction of sp³-hybridized carbons (Fsp3) is 0.400. The van der Waals surface area contributed by atoms with Crippen LogP contribution in [0.2, 0.25) is 0 Å². The largest absolute Gasteiger partial charge is 0.307 e. The first-order valence-electron chi connectivity index (χ1n) is 4.88. The summed E-state index contributed by atoms with van der Waals surface area (Å²) in [4.78, 5) is 28.0. The van der Waals surface area contributed by atoms with Crippen molar-refractivity contribution in [3.05, 3.63) is 31.1 Å². The molecule has 0 aliphatic carbocycles. The molecule has 15 heavy (non-hydrogen) atoms. The van der Waals surface area contributed by atoms with Crippen molar-refractivity contribution in [2.75, 3.05) is 0 Å². The second-order valence-electron chi connectivity index (χ2n) is 3.53. The molecule has 0 amide bonds. The molecule has 0 radical (unpaired) electrons. The molecule has 0 aliphatic heterocycles. The summed E-state index contributed by atoms with van der Waals surface area (Å²) in [6, 6.07) is 0. The molecule has 2 heterocycles. The zero-order valence-electron chi connectivity index (χ0n) is 8.64. The summed E-state index contributed by atoms with van der Waals surface area (Å²) < 4.78 is 0.864. The highest BCUT2D eigenvalue weighted by atomic mass is 32.1. The lowest BCUT2D eigenvalue weighted by molar-refractivity contribution is 0.896. The van der Waals surface area contributed by atoms with Crippen LogP contribution in [0, 0.1) is 6.92 Å². The number of thiazole rings is 1. The Balaban J connectivity index is 2.83. The molecule has 0 spiro atoms. The zero-order valence-corrected chi connectivity index (χ0v) is 9.46. The maximum absolute atomic E-state index is 11.7. The van der Waals surface area contributed by atoms with E-state index in [0.29, 0.717) is 5.65 Å². The van der Waals surface area contributed by atoms with Crippen LogP contribution < -0.4 is 10.4 Å². The topological polar surface area (TPSA) is 65.7 Å². The molecule has 2 rings (SSSR count). The van der Waals surface area contributed by atoms with Crippen LogP contribution in [0.1, 0.15) is 24.5 Å². The van der Waals surface area contributed by atoms with Crippen LogP contribution in [0.4, 0.5) is 0 Å². The first kappa shape index (κ1) is 10.2. The molecule has 2 N–H and O–H groups in total. The third-order valence-electron chi connectivity index (χ3n) is 2.45. The average Bonchev–Trinajstić information content (AvgIpc) is 2.53. The molecule has 2 aromatic rings. The molecule has 5 heteroatoms. The normalized spacial score (nSPS) is 11.1. The molecule has 0 aliphatic rings. The molecule has 0 fully saturated rings. The van der Waals surface area contributed by atoms with Gasteiger partial charge in [-0.2, -0.15) is 0 Å². The van der Waals surface area contributed by atoms with Gasteiger partial charge in [0.05, 0.1) is 4.70 Å². The van der Waals surface area contributed by atoms with Crippen LogP contribution >= 0.6 is 11.3 Å². The Hall–Kier alpha value is -1.36. The molecule has 80 valence electrons. The highest BCUT2D eigenvalue weighted by molar-refractivity contribution is 7.16. The van der Waals surface area contributed by atoms with Crippen molar-refractivity contribution in [3.8, 4) is 0 Å². The molecule has 0 atom stereocenters. The highest BCUT2D eigenvalue weighted by Gasteiger charge is 2.10. The molecular formula is C10H12N2O2S. The van der Waals surface area contributed by atoms with Gasteiger partial charge in [0.25, 0.3) is 5.56 Å². The van der Waals surface area contributed by atoms with Gasteiger partial charge in [-0.3, -0.25) is 14.6 Å². The monoisotopic (exact) mass is 224 g/mol. The predicted molar refractivity (Wildman–Crippen MR) is 61.8 cm³/mol. The summed E-state index contributed by atoms with van der Waals surface area (Å²) in [5.74, 6) is 0. The number of hydrogen-bond donors (Lipinski definition) is 2. The van der Waals surface area contributed by atoms with Crippen LogP contribution in [-0.2, 0) is 6.42 Å². The lowest BCUT2D eigenvalue weighted by Crippen LogP contribution is -2.14. The maximum Gasteiger partial charge on any atom is 0.306 e. The van der Waals surface area contributed by atoms with Crippen molar-refractivity contribution >= 4 is 21.7 Å². The summed E-state index contributed by atoms with van der Waals surface area (Å²) in [6.07, 6.45) is 1.68. The van der Waals surface area contributed by atoms with Gasteiger partial charge in [0.1, 0.15) is 5.65 Å². The van der Waals surface area contributed by atoms with Crippen LogP contribution in [-0.4, -0.2) is 9.97 Å². The summed E-state index contributed by atoms with van der Waals surface area (Å²) in [5, 5.41) is 0. The van der Waals surface area contributed by atoms with Crippen LogP contribution in [0.3, 0.4) is 0 Å². The van der Waals surface area contributed by atoms with Gasteiger partial charge in [0.15, 0.2) is 0 Å². The van der Waals surface area contributed by atoms with E-state index in [1.807, 2.05) is 13.8 Å². The second kappa shape index (κ2) is 3.66. The standard InChI is InChI=1S/C10H12N2O2S/c1-3-4-6-5(2)7-8(11-9(6)13)12-10(14)15-7/h3-4H2,1-2H3,(H2,11,12,13,14). The van der Waals surface area contributed by atoms with E-state index in [2.05, 4.69) is 9.97 Å². The molecule has 0 bridgehead atoms. The van der Waals surface area contributed by atoms with Gasteiger partial charge in [-0.15, -0.1) is 0 Å². The number of rotatable bonds is 2. The summed E-state index contributed by atoms with van der Waals surface area (Å²) >= 11 is 1.15. The van der Waals surface area contributed by atoms with Crippen molar-refractivity contribution in [2.45, 2.75) is 26.7 Å². The van der Waals surface area contributed by atoms with E-state index in [-0.39, 0.29) is 10.4 Å². The summed E-state index contributed by atoms with van der Waals surface area (Å²) in [7, 11) is 0. The Morgan fingerprint density at radius 2 is 2.00 bits per heavy atom. The third-order valence-corrected chi connectivity index (χ3v) is 3.46. The lowest BCUT2D eigenvalue weighted by atomic mass is 10.1. The van der Waals surface area contributed by atoms with E-state index in [1.54, 1.807) is 0 Å². The number of fused-ring (bicyclic) bond motifs is 1. The van der Waals surface area contributed by atoms with E-state index in [1.165, 1.54) is 0 Å². The van der Waals surface area contributed by atoms with Crippen molar-refractivity contribution in [1.29, 1.82) is 0 Å². The lowest BCUT2D eigenvalue weighted by Gasteiger charge is -2.03. The quantitative estimate of drug-likeness (QED) is 0.812. The van der Waals surface area contributed by atoms with Gasteiger partial charge >= 0.3 is 4.87 Å². The number of aromatic amines is 2. The molecule has 2 aromatic heterocycles. The van der Waals surface area contributed by atoms with Crippen molar-refractivity contribution < 1.29 is 0 Å². The van der Waals surface area contributed by atoms with E-state index >= 15 is 0 Å². The number of aromatic nitrogens is 2. The molecule has 0 aromatic carbocycles. The minimum atomic E-state index is -0.127. The molecular weight excluding hydrogens is 212 g/mol. The number of aryl methyl sites for hydroxylation is 1. The predicted octanol–water partition coefficient (Wildman–Crippen LogP) is 1.54. The number of hydrogen-bond acceptors (Lipinski definition) is 3. The Morgan fingerprint density at radius 1 is 1.27 bits per heavy atom. The van der Waals surface area contributed by atoms with E-state index in [9.17, 15) is 9.59 Å². The molecule has 0 saturated carbocycles. The first-order chi connectivity index (χ1) is 7.13. The molecule has 0 saturated heterocycles. The number of nitrogens with one attached hydrogen (secondary N) is 2. The Kier molecular flexibility index (Phi) is 2.48. The minimum absolute atomic E-state index is 0.0871. The Bertz CT molecular complexity index is 606. The van der Waals surface area contributed by atoms with E-state index in [0.717, 1.165) is 40.0 Å². The summed E-state index contributed by atoms with van der Waals surface area (Å²) in [6.45, 7) is 3.93. The maximum atomic E-state index is 11.7. The van der Waals surface area contributed by atoms with Crippen LogP contribution in [0.25, 0.3) is 10.3 Å².